The number of piperazine rings is 1. The van der Waals surface area contributed by atoms with Crippen LogP contribution in [0.25, 0.3) is 0 Å². The number of aryl methyl sites for hydroxylation is 1. The third kappa shape index (κ3) is 4.54. The molecular weight excluding hydrogens is 367 g/mol. The smallest absolute Gasteiger partial charge is 0.255 e. The summed E-state index contributed by atoms with van der Waals surface area (Å²) in [7, 11) is 0. The number of hydrogen-bond acceptors (Lipinski definition) is 4. The summed E-state index contributed by atoms with van der Waals surface area (Å²) in [6.07, 6.45) is 3.32. The predicted molar refractivity (Wildman–Crippen MR) is 113 cm³/mol. The van der Waals surface area contributed by atoms with Crippen molar-refractivity contribution in [3.8, 4) is 0 Å². The molecule has 29 heavy (non-hydrogen) atoms. The zero-order valence-electron chi connectivity index (χ0n) is 16.3. The number of nitrogens with one attached hydrogen (secondary N) is 1. The van der Waals surface area contributed by atoms with Gasteiger partial charge in [0.2, 0.25) is 0 Å². The Balaban J connectivity index is 1.39. The zero-order chi connectivity index (χ0) is 20.2. The van der Waals surface area contributed by atoms with Gasteiger partial charge < -0.3 is 15.1 Å². The number of hydrogen-bond donors (Lipinski definition) is 1. The van der Waals surface area contributed by atoms with Crippen molar-refractivity contribution in [1.82, 2.24) is 9.88 Å². The molecule has 0 bridgehead atoms. The molecule has 1 fully saturated rings. The molecule has 0 atom stereocenters. The number of rotatable bonds is 4. The minimum absolute atomic E-state index is 0.0242. The second-order valence-electron chi connectivity index (χ2n) is 7.21. The number of anilines is 3. The number of carbonyl (C=O) groups excluding carboxylic acids is 1. The van der Waals surface area contributed by atoms with Crippen LogP contribution < -0.4 is 10.2 Å². The number of halogens is 1. The number of benzene rings is 2. The van der Waals surface area contributed by atoms with E-state index in [1.807, 2.05) is 42.2 Å². The Kier molecular flexibility index (Phi) is 5.42. The Morgan fingerprint density at radius 1 is 0.931 bits per heavy atom. The van der Waals surface area contributed by atoms with Gasteiger partial charge in [0.25, 0.3) is 5.91 Å². The highest BCUT2D eigenvalue weighted by molar-refractivity contribution is 5.95. The monoisotopic (exact) mass is 390 g/mol. The number of pyridine rings is 1. The van der Waals surface area contributed by atoms with E-state index in [0.29, 0.717) is 31.7 Å². The van der Waals surface area contributed by atoms with Crippen LogP contribution in [0.4, 0.5) is 21.5 Å². The van der Waals surface area contributed by atoms with Gasteiger partial charge in [-0.15, -0.1) is 0 Å². The first-order valence-corrected chi connectivity index (χ1v) is 9.67. The van der Waals surface area contributed by atoms with Crippen LogP contribution in [-0.2, 0) is 0 Å². The van der Waals surface area contributed by atoms with Gasteiger partial charge in [-0.25, -0.2) is 4.39 Å². The van der Waals surface area contributed by atoms with Crippen molar-refractivity contribution in [2.45, 2.75) is 6.92 Å². The zero-order valence-corrected chi connectivity index (χ0v) is 16.3. The number of amides is 1. The largest absolute Gasteiger partial charge is 0.368 e. The molecular formula is C23H23FN4O. The summed E-state index contributed by atoms with van der Waals surface area (Å²) in [6.45, 7) is 4.70. The van der Waals surface area contributed by atoms with Gasteiger partial charge >= 0.3 is 0 Å². The topological polar surface area (TPSA) is 48.5 Å². The van der Waals surface area contributed by atoms with Crippen LogP contribution >= 0.6 is 0 Å². The Morgan fingerprint density at radius 3 is 2.31 bits per heavy atom. The van der Waals surface area contributed by atoms with E-state index in [-0.39, 0.29) is 11.7 Å². The summed E-state index contributed by atoms with van der Waals surface area (Å²) >= 11 is 0. The lowest BCUT2D eigenvalue weighted by Gasteiger charge is -2.36. The average Bonchev–Trinajstić information content (AvgIpc) is 2.76. The van der Waals surface area contributed by atoms with Crippen LogP contribution in [0.3, 0.4) is 0 Å². The lowest BCUT2D eigenvalue weighted by molar-refractivity contribution is 0.0746. The minimum Gasteiger partial charge on any atom is -0.368 e. The molecule has 0 aliphatic carbocycles. The Bertz CT molecular complexity index is 981. The molecule has 1 N–H and O–H groups in total. The van der Waals surface area contributed by atoms with E-state index < -0.39 is 0 Å². The lowest BCUT2D eigenvalue weighted by Crippen LogP contribution is -2.48. The quantitative estimate of drug-likeness (QED) is 0.724. The van der Waals surface area contributed by atoms with Gasteiger partial charge in [0.15, 0.2) is 0 Å². The van der Waals surface area contributed by atoms with E-state index >= 15 is 0 Å². The molecule has 5 nitrogen and oxygen atoms in total. The third-order valence-corrected chi connectivity index (χ3v) is 5.08. The maximum absolute atomic E-state index is 13.1. The Morgan fingerprint density at radius 2 is 1.62 bits per heavy atom. The van der Waals surface area contributed by atoms with Crippen LogP contribution in [0.5, 0.6) is 0 Å². The second-order valence-corrected chi connectivity index (χ2v) is 7.21. The van der Waals surface area contributed by atoms with Gasteiger partial charge in [0.1, 0.15) is 5.82 Å². The second kappa shape index (κ2) is 8.31. The average molecular weight is 390 g/mol. The summed E-state index contributed by atoms with van der Waals surface area (Å²) in [4.78, 5) is 21.2. The summed E-state index contributed by atoms with van der Waals surface area (Å²) in [5, 5.41) is 3.29. The number of carbonyl (C=O) groups is 1. The minimum atomic E-state index is -0.241. The van der Waals surface area contributed by atoms with Gasteiger partial charge in [-0.05, 0) is 49.4 Å². The van der Waals surface area contributed by atoms with E-state index in [2.05, 4.69) is 15.2 Å². The molecule has 1 amide bonds. The van der Waals surface area contributed by atoms with Gasteiger partial charge in [0, 0.05) is 43.8 Å². The first-order valence-electron chi connectivity index (χ1n) is 9.67. The normalized spacial score (nSPS) is 14.0. The predicted octanol–water partition coefficient (Wildman–Crippen LogP) is 4.24. The molecule has 2 heterocycles. The fraction of sp³-hybridized carbons (Fsp3) is 0.217. The van der Waals surface area contributed by atoms with Crippen LogP contribution in [0.15, 0.2) is 67.0 Å². The van der Waals surface area contributed by atoms with Gasteiger partial charge in [-0.3, -0.25) is 9.78 Å². The number of aromatic nitrogens is 1. The summed E-state index contributed by atoms with van der Waals surface area (Å²) in [5.41, 5.74) is 4.47. The molecule has 6 heteroatoms. The molecule has 0 saturated carbocycles. The Hall–Kier alpha value is -3.41. The SMILES string of the molecule is Cc1ccc(Nc2cncc(C(=O)N3CCN(c4ccc(F)cc4)CC3)c2)cc1. The maximum Gasteiger partial charge on any atom is 0.255 e. The maximum atomic E-state index is 13.1. The van der Waals surface area contributed by atoms with Gasteiger partial charge in [-0.2, -0.15) is 0 Å². The molecule has 4 rings (SSSR count). The molecule has 0 unspecified atom stereocenters. The fourth-order valence-electron chi connectivity index (χ4n) is 3.43. The van der Waals surface area contributed by atoms with Gasteiger partial charge in [-0.1, -0.05) is 17.7 Å². The van der Waals surface area contributed by atoms with Crippen molar-refractivity contribution in [1.29, 1.82) is 0 Å². The van der Waals surface area contributed by atoms with Crippen LogP contribution in [0.2, 0.25) is 0 Å². The third-order valence-electron chi connectivity index (χ3n) is 5.08. The molecule has 1 saturated heterocycles. The van der Waals surface area contributed by atoms with Gasteiger partial charge in [0.05, 0.1) is 17.4 Å². The highest BCUT2D eigenvalue weighted by Crippen LogP contribution is 2.20. The van der Waals surface area contributed by atoms with Crippen molar-refractivity contribution in [2.24, 2.45) is 0 Å². The first kappa shape index (κ1) is 18.9. The molecule has 0 spiro atoms. The van der Waals surface area contributed by atoms with Crippen molar-refractivity contribution in [2.75, 3.05) is 36.4 Å². The molecule has 0 radical (unpaired) electrons. The van der Waals surface area contributed by atoms with Crippen LogP contribution in [0, 0.1) is 12.7 Å². The summed E-state index contributed by atoms with van der Waals surface area (Å²) in [6, 6.07) is 16.4. The molecule has 1 aliphatic rings. The lowest BCUT2D eigenvalue weighted by atomic mass is 10.2. The van der Waals surface area contributed by atoms with Crippen LogP contribution in [-0.4, -0.2) is 42.0 Å². The van der Waals surface area contributed by atoms with Crippen molar-refractivity contribution in [3.05, 3.63) is 83.9 Å². The van der Waals surface area contributed by atoms with E-state index in [4.69, 9.17) is 0 Å². The van der Waals surface area contributed by atoms with E-state index in [0.717, 1.165) is 17.1 Å². The first-order chi connectivity index (χ1) is 14.1. The summed E-state index contributed by atoms with van der Waals surface area (Å²) in [5.74, 6) is -0.266. The Labute approximate surface area is 169 Å². The molecule has 3 aromatic rings. The van der Waals surface area contributed by atoms with Crippen molar-refractivity contribution >= 4 is 23.0 Å². The molecule has 2 aromatic carbocycles. The fourth-order valence-corrected chi connectivity index (χ4v) is 3.43. The van der Waals surface area contributed by atoms with Crippen LogP contribution in [0.1, 0.15) is 15.9 Å². The molecule has 148 valence electrons. The summed E-state index contributed by atoms with van der Waals surface area (Å²) < 4.78 is 13.1. The molecule has 1 aliphatic heterocycles. The van der Waals surface area contributed by atoms with E-state index in [9.17, 15) is 9.18 Å². The highest BCUT2D eigenvalue weighted by Gasteiger charge is 2.22. The van der Waals surface area contributed by atoms with E-state index in [1.54, 1.807) is 24.5 Å². The number of nitrogens with zero attached hydrogens (tertiary/aromatic N) is 3. The van der Waals surface area contributed by atoms with Crippen molar-refractivity contribution in [3.63, 3.8) is 0 Å². The highest BCUT2D eigenvalue weighted by atomic mass is 19.1. The standard InChI is InChI=1S/C23H23FN4O/c1-17-2-6-20(7-3-17)26-21-14-18(15-25-16-21)23(29)28-12-10-27(11-13-28)22-8-4-19(24)5-9-22/h2-9,14-16,26H,10-13H2,1H3. The van der Waals surface area contributed by atoms with E-state index in [1.165, 1.54) is 17.7 Å². The van der Waals surface area contributed by atoms with Crippen molar-refractivity contribution < 1.29 is 9.18 Å². The molecule has 1 aromatic heterocycles.